The van der Waals surface area contributed by atoms with E-state index < -0.39 is 0 Å². The Balaban J connectivity index is 1.48. The van der Waals surface area contributed by atoms with Crippen LogP contribution in [0.15, 0.2) is 146 Å². The number of fused-ring (bicyclic) bond motifs is 3. The van der Waals surface area contributed by atoms with E-state index in [0.29, 0.717) is 0 Å². The smallest absolute Gasteiger partial charge is 0.0546 e. The highest BCUT2D eigenvalue weighted by molar-refractivity contribution is 6.30. The molecule has 0 fully saturated rings. The minimum absolute atomic E-state index is 0.0955. The Bertz CT molecular complexity index is 1850. The van der Waals surface area contributed by atoms with Crippen LogP contribution in [0, 0.1) is 0 Å². The van der Waals surface area contributed by atoms with E-state index in [1.54, 1.807) is 0 Å². The summed E-state index contributed by atoms with van der Waals surface area (Å²) in [7, 11) is 0. The molecule has 0 N–H and O–H groups in total. The second kappa shape index (κ2) is 10.1. The summed E-state index contributed by atoms with van der Waals surface area (Å²) in [5, 5.41) is 0.723. The number of nitrogens with zero attached hydrogens (tertiary/aromatic N) is 1. The molecule has 0 atom stereocenters. The second-order valence-corrected chi connectivity index (χ2v) is 11.6. The lowest BCUT2D eigenvalue weighted by Gasteiger charge is -2.30. The van der Waals surface area contributed by atoms with Gasteiger partial charge in [0, 0.05) is 27.4 Å². The maximum absolute atomic E-state index is 6.39. The zero-order chi connectivity index (χ0) is 28.0. The van der Waals surface area contributed by atoms with E-state index in [1.165, 1.54) is 44.5 Å². The molecule has 0 bridgehead atoms. The lowest BCUT2D eigenvalue weighted by atomic mass is 9.82. The highest BCUT2D eigenvalue weighted by atomic mass is 35.5. The molecule has 0 amide bonds. The number of halogens is 1. The molecule has 6 aromatic carbocycles. The fourth-order valence-corrected chi connectivity index (χ4v) is 6.36. The summed E-state index contributed by atoms with van der Waals surface area (Å²) in [5.41, 5.74) is 13.3. The van der Waals surface area contributed by atoms with Gasteiger partial charge in [-0.1, -0.05) is 129 Å². The molecule has 6 aromatic rings. The number of rotatable bonds is 5. The first-order valence-corrected chi connectivity index (χ1v) is 14.4. The van der Waals surface area contributed by atoms with Crippen molar-refractivity contribution in [3.05, 3.63) is 162 Å². The third kappa shape index (κ3) is 4.43. The minimum atomic E-state index is -0.0955. The molecule has 2 heteroatoms. The van der Waals surface area contributed by atoms with E-state index in [9.17, 15) is 0 Å². The molecule has 0 aromatic heterocycles. The lowest BCUT2D eigenvalue weighted by Crippen LogP contribution is -2.17. The van der Waals surface area contributed by atoms with E-state index in [1.807, 2.05) is 12.1 Å². The van der Waals surface area contributed by atoms with Crippen molar-refractivity contribution in [2.75, 3.05) is 4.90 Å². The molecule has 1 aliphatic rings. The summed E-state index contributed by atoms with van der Waals surface area (Å²) in [6.45, 7) is 4.67. The summed E-state index contributed by atoms with van der Waals surface area (Å²) in [6.07, 6.45) is 0. The first-order valence-electron chi connectivity index (χ1n) is 14.1. The van der Waals surface area contributed by atoms with Gasteiger partial charge in [0.25, 0.3) is 0 Å². The van der Waals surface area contributed by atoms with Crippen LogP contribution in [-0.4, -0.2) is 0 Å². The molecule has 41 heavy (non-hydrogen) atoms. The van der Waals surface area contributed by atoms with Gasteiger partial charge in [0.1, 0.15) is 0 Å². The van der Waals surface area contributed by atoms with Gasteiger partial charge in [-0.2, -0.15) is 0 Å². The molecule has 0 aliphatic heterocycles. The first kappa shape index (κ1) is 25.4. The van der Waals surface area contributed by atoms with E-state index in [4.69, 9.17) is 11.6 Å². The number of anilines is 3. The predicted octanol–water partition coefficient (Wildman–Crippen LogP) is 11.5. The molecule has 0 unspecified atom stereocenters. The Kier molecular flexibility index (Phi) is 6.26. The molecule has 0 spiro atoms. The summed E-state index contributed by atoms with van der Waals surface area (Å²) in [5.74, 6) is 0. The zero-order valence-corrected chi connectivity index (χ0v) is 23.9. The Hall–Kier alpha value is -4.59. The summed E-state index contributed by atoms with van der Waals surface area (Å²) < 4.78 is 0. The SMILES string of the molecule is CC1(C)c2ccccc2-c2ccc(N(c3ccc(Cl)cc3)c3cc(-c4ccccc4)ccc3-c3ccccc3)cc21. The van der Waals surface area contributed by atoms with Gasteiger partial charge in [-0.15, -0.1) is 0 Å². The molecular formula is C39H30ClN. The maximum atomic E-state index is 6.39. The van der Waals surface area contributed by atoms with Gasteiger partial charge in [-0.25, -0.2) is 0 Å². The number of hydrogen-bond acceptors (Lipinski definition) is 1. The van der Waals surface area contributed by atoms with Crippen molar-refractivity contribution < 1.29 is 0 Å². The van der Waals surface area contributed by atoms with Gasteiger partial charge in [0.05, 0.1) is 5.69 Å². The quantitative estimate of drug-likeness (QED) is 0.207. The normalized spacial score (nSPS) is 13.0. The molecule has 0 radical (unpaired) electrons. The average Bonchev–Trinajstić information content (AvgIpc) is 3.25. The molecular weight excluding hydrogens is 518 g/mol. The van der Waals surface area contributed by atoms with E-state index >= 15 is 0 Å². The number of hydrogen-bond donors (Lipinski definition) is 0. The molecule has 198 valence electrons. The fourth-order valence-electron chi connectivity index (χ4n) is 6.24. The summed E-state index contributed by atoms with van der Waals surface area (Å²) >= 11 is 6.39. The van der Waals surface area contributed by atoms with Gasteiger partial charge >= 0.3 is 0 Å². The number of benzene rings is 6. The Morgan fingerprint density at radius 3 is 1.78 bits per heavy atom. The van der Waals surface area contributed by atoms with Crippen LogP contribution in [-0.2, 0) is 5.41 Å². The first-order chi connectivity index (χ1) is 20.0. The topological polar surface area (TPSA) is 3.24 Å². The van der Waals surface area contributed by atoms with E-state index in [-0.39, 0.29) is 5.41 Å². The third-order valence-electron chi connectivity index (χ3n) is 8.34. The van der Waals surface area contributed by atoms with Crippen molar-refractivity contribution in [2.45, 2.75) is 19.3 Å². The lowest BCUT2D eigenvalue weighted by molar-refractivity contribution is 0.660. The minimum Gasteiger partial charge on any atom is -0.310 e. The highest BCUT2D eigenvalue weighted by Gasteiger charge is 2.35. The predicted molar refractivity (Wildman–Crippen MR) is 175 cm³/mol. The van der Waals surface area contributed by atoms with Gasteiger partial charge in [-0.3, -0.25) is 0 Å². The Morgan fingerprint density at radius 2 is 1.05 bits per heavy atom. The average molecular weight is 548 g/mol. The van der Waals surface area contributed by atoms with Gasteiger partial charge in [0.2, 0.25) is 0 Å². The summed E-state index contributed by atoms with van der Waals surface area (Å²) in [4.78, 5) is 2.38. The van der Waals surface area contributed by atoms with Crippen LogP contribution < -0.4 is 4.90 Å². The molecule has 7 rings (SSSR count). The van der Waals surface area contributed by atoms with Crippen molar-refractivity contribution in [1.29, 1.82) is 0 Å². The third-order valence-corrected chi connectivity index (χ3v) is 8.59. The van der Waals surface area contributed by atoms with Crippen LogP contribution in [0.1, 0.15) is 25.0 Å². The second-order valence-electron chi connectivity index (χ2n) is 11.2. The standard InChI is InChI=1S/C39H30ClN/c1-39(2)36-16-10-9-15-34(36)35-24-22-32(26-37(35)39)41(31-20-18-30(40)19-21-31)38-25-29(27-11-5-3-6-12-27)17-23-33(38)28-13-7-4-8-14-28/h3-26H,1-2H3. The van der Waals surface area contributed by atoms with Crippen molar-refractivity contribution in [2.24, 2.45) is 0 Å². The molecule has 0 saturated carbocycles. The molecule has 0 saturated heterocycles. The van der Waals surface area contributed by atoms with Crippen LogP contribution in [0.5, 0.6) is 0 Å². The van der Waals surface area contributed by atoms with Crippen LogP contribution in [0.2, 0.25) is 5.02 Å². The molecule has 1 aliphatic carbocycles. The highest BCUT2D eigenvalue weighted by Crippen LogP contribution is 2.51. The molecule has 0 heterocycles. The van der Waals surface area contributed by atoms with Gasteiger partial charge in [-0.05, 0) is 81.4 Å². The van der Waals surface area contributed by atoms with Crippen LogP contribution >= 0.6 is 11.6 Å². The van der Waals surface area contributed by atoms with Gasteiger partial charge in [0.15, 0.2) is 0 Å². The fraction of sp³-hybridized carbons (Fsp3) is 0.0769. The summed E-state index contributed by atoms with van der Waals surface area (Å²) in [6, 6.07) is 51.9. The Labute approximate surface area is 247 Å². The van der Waals surface area contributed by atoms with Crippen molar-refractivity contribution in [3.8, 4) is 33.4 Å². The monoisotopic (exact) mass is 547 g/mol. The molecule has 1 nitrogen and oxygen atoms in total. The van der Waals surface area contributed by atoms with Crippen LogP contribution in [0.3, 0.4) is 0 Å². The van der Waals surface area contributed by atoms with Crippen molar-refractivity contribution >= 4 is 28.7 Å². The van der Waals surface area contributed by atoms with Gasteiger partial charge < -0.3 is 4.90 Å². The zero-order valence-electron chi connectivity index (χ0n) is 23.2. The Morgan fingerprint density at radius 1 is 0.463 bits per heavy atom. The van der Waals surface area contributed by atoms with E-state index in [2.05, 4.69) is 152 Å². The maximum Gasteiger partial charge on any atom is 0.0546 e. The largest absolute Gasteiger partial charge is 0.310 e. The van der Waals surface area contributed by atoms with Crippen LogP contribution in [0.4, 0.5) is 17.1 Å². The van der Waals surface area contributed by atoms with Crippen LogP contribution in [0.25, 0.3) is 33.4 Å². The van der Waals surface area contributed by atoms with Crippen molar-refractivity contribution in [1.82, 2.24) is 0 Å². The van der Waals surface area contributed by atoms with Crippen molar-refractivity contribution in [3.63, 3.8) is 0 Å². The van der Waals surface area contributed by atoms with E-state index in [0.717, 1.165) is 22.1 Å².